The number of rotatable bonds is 1. The molecule has 0 radical (unpaired) electrons. The highest BCUT2D eigenvalue weighted by Gasteiger charge is 2.23. The first-order chi connectivity index (χ1) is 11.2. The zero-order valence-electron chi connectivity index (χ0n) is 13.5. The van der Waals surface area contributed by atoms with E-state index >= 15 is 0 Å². The summed E-state index contributed by atoms with van der Waals surface area (Å²) in [7, 11) is 2.15. The highest BCUT2D eigenvalue weighted by molar-refractivity contribution is 6.03. The SMILES string of the molecule is Cc1ccc(C=C2c3ccccc3-c3ccccc3N2C)cc1. The maximum atomic E-state index is 2.29. The molecule has 0 bridgehead atoms. The maximum Gasteiger partial charge on any atom is 0.0494 e. The zero-order chi connectivity index (χ0) is 15.8. The first kappa shape index (κ1) is 13.8. The van der Waals surface area contributed by atoms with Crippen molar-refractivity contribution in [2.24, 2.45) is 0 Å². The molecule has 1 nitrogen and oxygen atoms in total. The van der Waals surface area contributed by atoms with Crippen LogP contribution in [-0.4, -0.2) is 7.05 Å². The van der Waals surface area contributed by atoms with Crippen LogP contribution < -0.4 is 4.90 Å². The van der Waals surface area contributed by atoms with Gasteiger partial charge in [-0.25, -0.2) is 0 Å². The van der Waals surface area contributed by atoms with E-state index in [1.807, 2.05) is 0 Å². The molecule has 1 heterocycles. The Hall–Kier alpha value is -2.80. The number of hydrogen-bond donors (Lipinski definition) is 0. The van der Waals surface area contributed by atoms with Gasteiger partial charge < -0.3 is 4.90 Å². The summed E-state index contributed by atoms with van der Waals surface area (Å²) in [6, 6.07) is 25.9. The van der Waals surface area contributed by atoms with Gasteiger partial charge in [-0.3, -0.25) is 0 Å². The van der Waals surface area contributed by atoms with Crippen molar-refractivity contribution >= 4 is 17.5 Å². The minimum atomic E-state index is 1.23. The Labute approximate surface area is 137 Å². The van der Waals surface area contributed by atoms with E-state index in [9.17, 15) is 0 Å². The number of benzene rings is 3. The summed E-state index contributed by atoms with van der Waals surface area (Å²) in [6.07, 6.45) is 2.27. The van der Waals surface area contributed by atoms with Crippen molar-refractivity contribution in [1.82, 2.24) is 0 Å². The summed E-state index contributed by atoms with van der Waals surface area (Å²) >= 11 is 0. The van der Waals surface area contributed by atoms with Crippen LogP contribution in [0.5, 0.6) is 0 Å². The Bertz CT molecular complexity index is 888. The first-order valence-corrected chi connectivity index (χ1v) is 7.95. The molecule has 4 rings (SSSR count). The Morgan fingerprint density at radius 2 is 1.30 bits per heavy atom. The van der Waals surface area contributed by atoms with Gasteiger partial charge in [0, 0.05) is 29.6 Å². The van der Waals surface area contributed by atoms with Gasteiger partial charge in [0.15, 0.2) is 0 Å². The molecular formula is C22H19N. The van der Waals surface area contributed by atoms with Crippen molar-refractivity contribution in [3.05, 3.63) is 89.5 Å². The van der Waals surface area contributed by atoms with Crippen molar-refractivity contribution < 1.29 is 0 Å². The molecule has 0 atom stereocenters. The van der Waals surface area contributed by atoms with Crippen LogP contribution in [0.2, 0.25) is 0 Å². The van der Waals surface area contributed by atoms with E-state index in [2.05, 4.69) is 97.7 Å². The van der Waals surface area contributed by atoms with E-state index in [0.717, 1.165) is 0 Å². The predicted octanol–water partition coefficient (Wildman–Crippen LogP) is 5.61. The highest BCUT2D eigenvalue weighted by atomic mass is 15.1. The van der Waals surface area contributed by atoms with Gasteiger partial charge in [0.2, 0.25) is 0 Å². The highest BCUT2D eigenvalue weighted by Crippen LogP contribution is 2.43. The van der Waals surface area contributed by atoms with Gasteiger partial charge in [-0.1, -0.05) is 72.3 Å². The Balaban J connectivity index is 1.93. The smallest absolute Gasteiger partial charge is 0.0494 e. The average molecular weight is 297 g/mol. The minimum Gasteiger partial charge on any atom is -0.344 e. The molecule has 0 aromatic heterocycles. The lowest BCUT2D eigenvalue weighted by atomic mass is 9.90. The van der Waals surface area contributed by atoms with Gasteiger partial charge in [-0.15, -0.1) is 0 Å². The summed E-state index contributed by atoms with van der Waals surface area (Å²) in [5.74, 6) is 0. The maximum absolute atomic E-state index is 2.29. The van der Waals surface area contributed by atoms with Crippen molar-refractivity contribution in [1.29, 1.82) is 0 Å². The molecular weight excluding hydrogens is 278 g/mol. The van der Waals surface area contributed by atoms with Crippen LogP contribution in [0.3, 0.4) is 0 Å². The third-order valence-corrected chi connectivity index (χ3v) is 4.50. The number of aryl methyl sites for hydroxylation is 1. The predicted molar refractivity (Wildman–Crippen MR) is 99.3 cm³/mol. The first-order valence-electron chi connectivity index (χ1n) is 7.95. The topological polar surface area (TPSA) is 3.24 Å². The number of fused-ring (bicyclic) bond motifs is 3. The van der Waals surface area contributed by atoms with Crippen molar-refractivity contribution in [3.8, 4) is 11.1 Å². The second-order valence-corrected chi connectivity index (χ2v) is 6.06. The standard InChI is InChI=1S/C22H19N/c1-16-11-13-17(14-12-16)15-22-20-9-4-3-7-18(20)19-8-5-6-10-21(19)23(22)2/h3-15H,1-2H3. The molecule has 23 heavy (non-hydrogen) atoms. The van der Waals surface area contributed by atoms with Crippen molar-refractivity contribution in [3.63, 3.8) is 0 Å². The summed E-state index contributed by atoms with van der Waals surface area (Å²) in [4.78, 5) is 2.29. The Morgan fingerprint density at radius 3 is 2.04 bits per heavy atom. The van der Waals surface area contributed by atoms with E-state index in [0.29, 0.717) is 0 Å². The van der Waals surface area contributed by atoms with Gasteiger partial charge in [-0.05, 0) is 30.2 Å². The normalized spacial score (nSPS) is 14.5. The summed E-state index contributed by atoms with van der Waals surface area (Å²) in [5, 5.41) is 0. The lowest BCUT2D eigenvalue weighted by Crippen LogP contribution is -2.20. The molecule has 3 aromatic carbocycles. The number of nitrogens with zero attached hydrogens (tertiary/aromatic N) is 1. The third kappa shape index (κ3) is 2.35. The van der Waals surface area contributed by atoms with Gasteiger partial charge in [0.05, 0.1) is 0 Å². The minimum absolute atomic E-state index is 1.23. The van der Waals surface area contributed by atoms with E-state index in [-0.39, 0.29) is 0 Å². The van der Waals surface area contributed by atoms with E-state index < -0.39 is 0 Å². The number of hydrogen-bond acceptors (Lipinski definition) is 1. The van der Waals surface area contributed by atoms with Gasteiger partial charge in [-0.2, -0.15) is 0 Å². The van der Waals surface area contributed by atoms with Crippen LogP contribution in [0, 0.1) is 6.92 Å². The van der Waals surface area contributed by atoms with Gasteiger partial charge in [0.25, 0.3) is 0 Å². The largest absolute Gasteiger partial charge is 0.344 e. The average Bonchev–Trinajstić information content (AvgIpc) is 2.60. The van der Waals surface area contributed by atoms with Crippen LogP contribution in [0.4, 0.5) is 5.69 Å². The monoisotopic (exact) mass is 297 g/mol. The molecule has 0 aliphatic carbocycles. The molecule has 0 N–H and O–H groups in total. The fourth-order valence-corrected chi connectivity index (χ4v) is 3.24. The Morgan fingerprint density at radius 1 is 0.696 bits per heavy atom. The zero-order valence-corrected chi connectivity index (χ0v) is 13.5. The third-order valence-electron chi connectivity index (χ3n) is 4.50. The van der Waals surface area contributed by atoms with Crippen molar-refractivity contribution in [2.75, 3.05) is 11.9 Å². The molecule has 1 aliphatic heterocycles. The van der Waals surface area contributed by atoms with Crippen LogP contribution in [0.25, 0.3) is 22.9 Å². The fourth-order valence-electron chi connectivity index (χ4n) is 3.24. The molecule has 0 fully saturated rings. The second kappa shape index (κ2) is 5.44. The quantitative estimate of drug-likeness (QED) is 0.564. The van der Waals surface area contributed by atoms with Crippen LogP contribution in [0.15, 0.2) is 72.8 Å². The fraction of sp³-hybridized carbons (Fsp3) is 0.0909. The van der Waals surface area contributed by atoms with Crippen LogP contribution in [0.1, 0.15) is 16.7 Å². The van der Waals surface area contributed by atoms with E-state index in [1.54, 1.807) is 0 Å². The Kier molecular flexibility index (Phi) is 3.27. The lowest BCUT2D eigenvalue weighted by molar-refractivity contribution is 1.21. The summed E-state index contributed by atoms with van der Waals surface area (Å²) in [6.45, 7) is 2.12. The number of para-hydroxylation sites is 1. The molecule has 112 valence electrons. The molecule has 0 saturated carbocycles. The van der Waals surface area contributed by atoms with Crippen molar-refractivity contribution in [2.45, 2.75) is 6.92 Å². The molecule has 0 spiro atoms. The van der Waals surface area contributed by atoms with Gasteiger partial charge in [0.1, 0.15) is 0 Å². The molecule has 1 heteroatoms. The van der Waals surface area contributed by atoms with Gasteiger partial charge >= 0.3 is 0 Å². The number of anilines is 1. The second-order valence-electron chi connectivity index (χ2n) is 6.06. The summed E-state index contributed by atoms with van der Waals surface area (Å²) < 4.78 is 0. The summed E-state index contributed by atoms with van der Waals surface area (Å²) in [5.41, 5.74) is 8.90. The van der Waals surface area contributed by atoms with Crippen LogP contribution >= 0.6 is 0 Å². The van der Waals surface area contributed by atoms with E-state index in [4.69, 9.17) is 0 Å². The molecule has 0 amide bonds. The molecule has 0 saturated heterocycles. The lowest BCUT2D eigenvalue weighted by Gasteiger charge is -2.32. The molecule has 0 unspecified atom stereocenters. The molecule has 3 aromatic rings. The van der Waals surface area contributed by atoms with Crippen LogP contribution in [-0.2, 0) is 0 Å². The van der Waals surface area contributed by atoms with E-state index in [1.165, 1.54) is 39.2 Å². The molecule has 1 aliphatic rings.